The normalized spacial score (nSPS) is 21.1. The molecule has 3 amide bonds. The third kappa shape index (κ3) is 4.22. The minimum atomic E-state index is -0.455. The minimum absolute atomic E-state index is 0.00120. The molecule has 31 heavy (non-hydrogen) atoms. The fourth-order valence-electron chi connectivity index (χ4n) is 4.17. The number of non-ortho nitro benzene ring substituents is 1. The predicted molar refractivity (Wildman–Crippen MR) is 112 cm³/mol. The molecule has 9 heteroatoms. The number of benzene rings is 2. The van der Waals surface area contributed by atoms with Crippen molar-refractivity contribution in [3.8, 4) is 5.75 Å². The van der Waals surface area contributed by atoms with E-state index in [0.717, 1.165) is 24.1 Å². The highest BCUT2D eigenvalue weighted by Gasteiger charge is 2.46. The molecule has 2 aromatic rings. The second-order valence-corrected chi connectivity index (χ2v) is 7.75. The third-order valence-electron chi connectivity index (χ3n) is 5.82. The zero-order valence-electron chi connectivity index (χ0n) is 17.2. The maximum Gasteiger partial charge on any atom is 0.328 e. The molecule has 0 aromatic heterocycles. The van der Waals surface area contributed by atoms with Crippen LogP contribution in [0.1, 0.15) is 24.0 Å². The van der Waals surface area contributed by atoms with Gasteiger partial charge < -0.3 is 9.64 Å². The molecule has 9 nitrogen and oxygen atoms in total. The second-order valence-electron chi connectivity index (χ2n) is 7.75. The van der Waals surface area contributed by atoms with E-state index < -0.39 is 4.92 Å². The minimum Gasteiger partial charge on any atom is -0.497 e. The molecule has 4 rings (SSSR count). The molecule has 2 saturated heterocycles. The van der Waals surface area contributed by atoms with Gasteiger partial charge in [-0.1, -0.05) is 24.3 Å². The molecule has 2 fully saturated rings. The van der Waals surface area contributed by atoms with Gasteiger partial charge in [0.05, 0.1) is 30.7 Å². The average Bonchev–Trinajstić information content (AvgIpc) is 2.80. The molecule has 2 aliphatic rings. The third-order valence-corrected chi connectivity index (χ3v) is 5.82. The van der Waals surface area contributed by atoms with Gasteiger partial charge in [-0.2, -0.15) is 0 Å². The van der Waals surface area contributed by atoms with Gasteiger partial charge in [0.2, 0.25) is 5.91 Å². The van der Waals surface area contributed by atoms with Gasteiger partial charge >= 0.3 is 6.03 Å². The van der Waals surface area contributed by atoms with Crippen LogP contribution in [0.5, 0.6) is 5.75 Å². The standard InChI is InChI=1S/C22H24N4O5/c1-31-18-10-6-16(7-11-18)14-25-21(27)19-3-2-12-23-20(19)24(22(25)28)13-15-4-8-17(9-5-15)26(29)30/h4-11,19-20,23H,2-3,12-14H2,1H3. The number of methoxy groups -OCH3 is 1. The van der Waals surface area contributed by atoms with E-state index in [1.54, 1.807) is 36.3 Å². The van der Waals surface area contributed by atoms with Gasteiger partial charge in [-0.25, -0.2) is 4.79 Å². The van der Waals surface area contributed by atoms with Crippen LogP contribution >= 0.6 is 0 Å². The maximum absolute atomic E-state index is 13.4. The van der Waals surface area contributed by atoms with E-state index in [4.69, 9.17) is 4.74 Å². The fourth-order valence-corrected chi connectivity index (χ4v) is 4.17. The Hall–Kier alpha value is -3.46. The highest BCUT2D eigenvalue weighted by Crippen LogP contribution is 2.30. The van der Waals surface area contributed by atoms with E-state index in [1.807, 2.05) is 12.1 Å². The highest BCUT2D eigenvalue weighted by molar-refractivity contribution is 5.98. The summed E-state index contributed by atoms with van der Waals surface area (Å²) in [6.07, 6.45) is 1.19. The largest absolute Gasteiger partial charge is 0.497 e. The Morgan fingerprint density at radius 2 is 1.71 bits per heavy atom. The van der Waals surface area contributed by atoms with Crippen LogP contribution in [-0.4, -0.2) is 46.5 Å². The van der Waals surface area contributed by atoms with Crippen molar-refractivity contribution < 1.29 is 19.2 Å². The summed E-state index contributed by atoms with van der Waals surface area (Å²) in [4.78, 5) is 39.9. The van der Waals surface area contributed by atoms with Crippen molar-refractivity contribution in [3.05, 3.63) is 69.8 Å². The molecule has 2 heterocycles. The lowest BCUT2D eigenvalue weighted by atomic mass is 9.91. The van der Waals surface area contributed by atoms with Crippen LogP contribution in [0, 0.1) is 16.0 Å². The molecule has 1 N–H and O–H groups in total. The van der Waals surface area contributed by atoms with Gasteiger partial charge in [-0.3, -0.25) is 25.1 Å². The van der Waals surface area contributed by atoms with Crippen molar-refractivity contribution in [1.29, 1.82) is 0 Å². The molecule has 2 aliphatic heterocycles. The summed E-state index contributed by atoms with van der Waals surface area (Å²) < 4.78 is 5.17. The number of fused-ring (bicyclic) bond motifs is 1. The Morgan fingerprint density at radius 1 is 1.06 bits per heavy atom. The Kier molecular flexibility index (Phi) is 5.85. The van der Waals surface area contributed by atoms with Crippen LogP contribution in [0.15, 0.2) is 48.5 Å². The summed E-state index contributed by atoms with van der Waals surface area (Å²) in [5.41, 5.74) is 1.60. The number of carbonyl (C=O) groups excluding carboxylic acids is 2. The first-order valence-electron chi connectivity index (χ1n) is 10.2. The molecule has 0 aliphatic carbocycles. The summed E-state index contributed by atoms with van der Waals surface area (Å²) >= 11 is 0. The summed E-state index contributed by atoms with van der Waals surface area (Å²) in [5.74, 6) is 0.220. The number of hydrogen-bond donors (Lipinski definition) is 1. The number of rotatable bonds is 6. The molecule has 2 aromatic carbocycles. The lowest BCUT2D eigenvalue weighted by Gasteiger charge is -2.47. The number of urea groups is 1. The zero-order valence-corrected chi connectivity index (χ0v) is 17.2. The van der Waals surface area contributed by atoms with Crippen LogP contribution < -0.4 is 10.1 Å². The SMILES string of the molecule is COc1ccc(CN2C(=O)C3CCCNC3N(Cc3ccc([N+](=O)[O-])cc3)C2=O)cc1. The number of nitrogens with zero attached hydrogens (tertiary/aromatic N) is 3. The molecule has 2 unspecified atom stereocenters. The number of nitro benzene ring substituents is 1. The lowest BCUT2D eigenvalue weighted by molar-refractivity contribution is -0.384. The quantitative estimate of drug-likeness (QED) is 0.565. The second kappa shape index (κ2) is 8.73. The Labute approximate surface area is 179 Å². The molecule has 0 bridgehead atoms. The van der Waals surface area contributed by atoms with Crippen molar-refractivity contribution in [1.82, 2.24) is 15.1 Å². The van der Waals surface area contributed by atoms with Gasteiger partial charge in [0.25, 0.3) is 5.69 Å². The number of piperidine rings is 1. The summed E-state index contributed by atoms with van der Waals surface area (Å²) in [5, 5.41) is 14.2. The zero-order chi connectivity index (χ0) is 22.0. The van der Waals surface area contributed by atoms with Gasteiger partial charge in [0.15, 0.2) is 0 Å². The monoisotopic (exact) mass is 424 g/mol. The molecule has 0 spiro atoms. The maximum atomic E-state index is 13.4. The summed E-state index contributed by atoms with van der Waals surface area (Å²) in [6, 6.07) is 13.1. The first-order valence-corrected chi connectivity index (χ1v) is 10.2. The van der Waals surface area contributed by atoms with Crippen LogP contribution in [0.4, 0.5) is 10.5 Å². The molecule has 0 radical (unpaired) electrons. The molecule has 0 saturated carbocycles. The van der Waals surface area contributed by atoms with Crippen molar-refractivity contribution in [2.75, 3.05) is 13.7 Å². The van der Waals surface area contributed by atoms with E-state index in [9.17, 15) is 19.7 Å². The van der Waals surface area contributed by atoms with E-state index >= 15 is 0 Å². The Balaban J connectivity index is 1.58. The number of nitrogens with one attached hydrogen (secondary N) is 1. The molecular formula is C22H24N4O5. The topological polar surface area (TPSA) is 105 Å². The van der Waals surface area contributed by atoms with Crippen LogP contribution in [0.25, 0.3) is 0 Å². The molecule has 2 atom stereocenters. The smallest absolute Gasteiger partial charge is 0.328 e. The molecular weight excluding hydrogens is 400 g/mol. The van der Waals surface area contributed by atoms with Crippen molar-refractivity contribution in [3.63, 3.8) is 0 Å². The van der Waals surface area contributed by atoms with Crippen molar-refractivity contribution in [2.45, 2.75) is 32.1 Å². The van der Waals surface area contributed by atoms with E-state index in [1.165, 1.54) is 17.0 Å². The number of nitro groups is 1. The lowest BCUT2D eigenvalue weighted by Crippen LogP contribution is -2.66. The van der Waals surface area contributed by atoms with Crippen LogP contribution in [-0.2, 0) is 17.9 Å². The van der Waals surface area contributed by atoms with Gasteiger partial charge in [0.1, 0.15) is 5.75 Å². The number of imide groups is 1. The van der Waals surface area contributed by atoms with E-state index in [-0.39, 0.29) is 42.8 Å². The van der Waals surface area contributed by atoms with Crippen molar-refractivity contribution >= 4 is 17.6 Å². The average molecular weight is 424 g/mol. The van der Waals surface area contributed by atoms with Crippen LogP contribution in [0.2, 0.25) is 0 Å². The van der Waals surface area contributed by atoms with E-state index in [0.29, 0.717) is 12.2 Å². The molecule has 162 valence electrons. The van der Waals surface area contributed by atoms with Crippen molar-refractivity contribution in [2.24, 2.45) is 5.92 Å². The fraction of sp³-hybridized carbons (Fsp3) is 0.364. The predicted octanol–water partition coefficient (Wildman–Crippen LogP) is 2.89. The highest BCUT2D eigenvalue weighted by atomic mass is 16.6. The van der Waals surface area contributed by atoms with E-state index in [2.05, 4.69) is 5.32 Å². The number of amides is 3. The number of hydrogen-bond acceptors (Lipinski definition) is 6. The van der Waals surface area contributed by atoms with Gasteiger partial charge in [-0.15, -0.1) is 0 Å². The van der Waals surface area contributed by atoms with Gasteiger partial charge in [0, 0.05) is 18.7 Å². The number of carbonyl (C=O) groups is 2. The Morgan fingerprint density at radius 3 is 2.35 bits per heavy atom. The first kappa shape index (κ1) is 20.8. The Bertz CT molecular complexity index is 976. The van der Waals surface area contributed by atoms with Crippen LogP contribution in [0.3, 0.4) is 0 Å². The van der Waals surface area contributed by atoms with Gasteiger partial charge in [-0.05, 0) is 42.6 Å². The first-order chi connectivity index (χ1) is 15.0. The summed E-state index contributed by atoms with van der Waals surface area (Å²) in [6.45, 7) is 1.18. The summed E-state index contributed by atoms with van der Waals surface area (Å²) in [7, 11) is 1.58. The number of ether oxygens (including phenoxy) is 1.